The lowest BCUT2D eigenvalue weighted by molar-refractivity contribution is 0.0938. The number of hydrogen-bond acceptors (Lipinski definition) is 3. The van der Waals surface area contributed by atoms with Crippen molar-refractivity contribution in [2.45, 2.75) is 19.3 Å². The second kappa shape index (κ2) is 4.82. The standard InChI is InChI=1S/C11H14BrN3O/c12-10-9(4-8(13)6-14-10)11(16)15-5-7-2-1-3-7/h4,6-7H,1-3,5,13H2,(H,15,16). The van der Waals surface area contributed by atoms with Crippen molar-refractivity contribution in [1.29, 1.82) is 0 Å². The number of nitrogens with zero attached hydrogens (tertiary/aromatic N) is 1. The summed E-state index contributed by atoms with van der Waals surface area (Å²) in [6.45, 7) is 0.750. The first-order valence-corrected chi connectivity index (χ1v) is 6.15. The Balaban J connectivity index is 1.99. The van der Waals surface area contributed by atoms with Crippen molar-refractivity contribution in [3.8, 4) is 0 Å². The maximum Gasteiger partial charge on any atom is 0.254 e. The van der Waals surface area contributed by atoms with E-state index >= 15 is 0 Å². The van der Waals surface area contributed by atoms with Gasteiger partial charge in [0.1, 0.15) is 4.60 Å². The van der Waals surface area contributed by atoms with Gasteiger partial charge in [0, 0.05) is 6.54 Å². The van der Waals surface area contributed by atoms with Crippen LogP contribution in [0.25, 0.3) is 0 Å². The van der Waals surface area contributed by atoms with E-state index in [9.17, 15) is 4.79 Å². The molecule has 1 aromatic rings. The molecule has 1 aliphatic rings. The summed E-state index contributed by atoms with van der Waals surface area (Å²) in [6, 6.07) is 1.63. The number of hydrogen-bond donors (Lipinski definition) is 2. The van der Waals surface area contributed by atoms with Crippen LogP contribution in [0.2, 0.25) is 0 Å². The molecule has 0 radical (unpaired) electrons. The minimum atomic E-state index is -0.112. The molecule has 0 unspecified atom stereocenters. The molecule has 4 nitrogen and oxygen atoms in total. The average molecular weight is 284 g/mol. The molecule has 1 fully saturated rings. The fourth-order valence-electron chi connectivity index (χ4n) is 1.65. The zero-order chi connectivity index (χ0) is 11.5. The fourth-order valence-corrected chi connectivity index (χ4v) is 2.05. The molecular formula is C11H14BrN3O. The molecular weight excluding hydrogens is 270 g/mol. The van der Waals surface area contributed by atoms with Crippen LogP contribution in [0.1, 0.15) is 29.6 Å². The molecule has 86 valence electrons. The van der Waals surface area contributed by atoms with E-state index < -0.39 is 0 Å². The number of nitrogens with two attached hydrogens (primary N) is 1. The van der Waals surface area contributed by atoms with Gasteiger partial charge in [-0.15, -0.1) is 0 Å². The number of amides is 1. The van der Waals surface area contributed by atoms with E-state index in [1.165, 1.54) is 25.5 Å². The second-order valence-electron chi connectivity index (χ2n) is 4.11. The molecule has 0 aliphatic heterocycles. The number of carbonyl (C=O) groups excluding carboxylic acids is 1. The molecule has 1 amide bonds. The van der Waals surface area contributed by atoms with Crippen molar-refractivity contribution >= 4 is 27.5 Å². The van der Waals surface area contributed by atoms with Gasteiger partial charge in [0.25, 0.3) is 5.91 Å². The Morgan fingerprint density at radius 2 is 2.38 bits per heavy atom. The summed E-state index contributed by atoms with van der Waals surface area (Å²) in [4.78, 5) is 15.8. The molecule has 1 aromatic heterocycles. The van der Waals surface area contributed by atoms with Crippen LogP contribution in [-0.4, -0.2) is 17.4 Å². The fraction of sp³-hybridized carbons (Fsp3) is 0.455. The van der Waals surface area contributed by atoms with Crippen molar-refractivity contribution < 1.29 is 4.79 Å². The number of rotatable bonds is 3. The van der Waals surface area contributed by atoms with Crippen LogP contribution in [0.5, 0.6) is 0 Å². The van der Waals surface area contributed by atoms with Gasteiger partial charge in [-0.25, -0.2) is 4.98 Å². The predicted molar refractivity (Wildman–Crippen MR) is 66.0 cm³/mol. The van der Waals surface area contributed by atoms with Gasteiger partial charge in [0.05, 0.1) is 17.4 Å². The molecule has 1 saturated carbocycles. The Hall–Kier alpha value is -1.10. The van der Waals surface area contributed by atoms with Gasteiger partial charge in [0.2, 0.25) is 0 Å². The van der Waals surface area contributed by atoms with E-state index in [0.29, 0.717) is 21.8 Å². The molecule has 5 heteroatoms. The van der Waals surface area contributed by atoms with Gasteiger partial charge >= 0.3 is 0 Å². The molecule has 0 bridgehead atoms. The van der Waals surface area contributed by atoms with Crippen LogP contribution >= 0.6 is 15.9 Å². The minimum Gasteiger partial charge on any atom is -0.397 e. The molecule has 16 heavy (non-hydrogen) atoms. The topological polar surface area (TPSA) is 68.0 Å². The van der Waals surface area contributed by atoms with Crippen LogP contribution in [0.3, 0.4) is 0 Å². The third kappa shape index (κ3) is 2.52. The number of pyridine rings is 1. The van der Waals surface area contributed by atoms with Crippen molar-refractivity contribution in [3.63, 3.8) is 0 Å². The maximum absolute atomic E-state index is 11.8. The monoisotopic (exact) mass is 283 g/mol. The summed E-state index contributed by atoms with van der Waals surface area (Å²) in [5.74, 6) is 0.537. The second-order valence-corrected chi connectivity index (χ2v) is 4.87. The Bertz CT molecular complexity index is 404. The SMILES string of the molecule is Nc1cnc(Br)c(C(=O)NCC2CCC2)c1. The van der Waals surface area contributed by atoms with Crippen molar-refractivity contribution in [2.24, 2.45) is 5.92 Å². The van der Waals surface area contributed by atoms with Gasteiger partial charge in [0.15, 0.2) is 0 Å². The zero-order valence-corrected chi connectivity index (χ0v) is 10.5. The average Bonchev–Trinajstić information content (AvgIpc) is 2.19. The Morgan fingerprint density at radius 1 is 1.62 bits per heavy atom. The van der Waals surface area contributed by atoms with E-state index in [0.717, 1.165) is 6.54 Å². The summed E-state index contributed by atoms with van der Waals surface area (Å²) >= 11 is 3.24. The number of anilines is 1. The Labute approximate surface area is 103 Å². The molecule has 2 rings (SSSR count). The third-order valence-corrected chi connectivity index (χ3v) is 3.51. The van der Waals surface area contributed by atoms with Crippen LogP contribution in [0.4, 0.5) is 5.69 Å². The molecule has 1 heterocycles. The number of nitrogens with one attached hydrogen (secondary N) is 1. The lowest BCUT2D eigenvalue weighted by Gasteiger charge is -2.25. The van der Waals surface area contributed by atoms with Gasteiger partial charge in [-0.3, -0.25) is 4.79 Å². The van der Waals surface area contributed by atoms with E-state index in [1.807, 2.05) is 0 Å². The Kier molecular flexibility index (Phi) is 3.43. The highest BCUT2D eigenvalue weighted by molar-refractivity contribution is 9.10. The third-order valence-electron chi connectivity index (χ3n) is 2.88. The molecule has 0 spiro atoms. The van der Waals surface area contributed by atoms with Crippen LogP contribution in [0, 0.1) is 5.92 Å². The number of carbonyl (C=O) groups is 1. The quantitative estimate of drug-likeness (QED) is 0.834. The maximum atomic E-state index is 11.8. The summed E-state index contributed by atoms with van der Waals surface area (Å²) in [7, 11) is 0. The number of nitrogen functional groups attached to an aromatic ring is 1. The van der Waals surface area contributed by atoms with Crippen molar-refractivity contribution in [3.05, 3.63) is 22.4 Å². The van der Waals surface area contributed by atoms with E-state index in [2.05, 4.69) is 26.2 Å². The van der Waals surface area contributed by atoms with Gasteiger partial charge in [-0.1, -0.05) is 6.42 Å². The van der Waals surface area contributed by atoms with Crippen LogP contribution in [-0.2, 0) is 0 Å². The molecule has 1 aliphatic carbocycles. The van der Waals surface area contributed by atoms with E-state index in [4.69, 9.17) is 5.73 Å². The van der Waals surface area contributed by atoms with Gasteiger partial charge in [-0.2, -0.15) is 0 Å². The van der Waals surface area contributed by atoms with Gasteiger partial charge in [-0.05, 0) is 40.8 Å². The zero-order valence-electron chi connectivity index (χ0n) is 8.87. The minimum absolute atomic E-state index is 0.112. The van der Waals surface area contributed by atoms with Crippen LogP contribution in [0.15, 0.2) is 16.9 Å². The lowest BCUT2D eigenvalue weighted by Crippen LogP contribution is -2.32. The predicted octanol–water partition coefficient (Wildman–Crippen LogP) is 1.96. The van der Waals surface area contributed by atoms with Crippen molar-refractivity contribution in [1.82, 2.24) is 10.3 Å². The first-order chi connectivity index (χ1) is 7.66. The Morgan fingerprint density at radius 3 is 3.00 bits per heavy atom. The highest BCUT2D eigenvalue weighted by Crippen LogP contribution is 2.25. The number of aromatic nitrogens is 1. The highest BCUT2D eigenvalue weighted by atomic mass is 79.9. The van der Waals surface area contributed by atoms with Gasteiger partial charge < -0.3 is 11.1 Å². The summed E-state index contributed by atoms with van der Waals surface area (Å²) in [6.07, 6.45) is 5.24. The summed E-state index contributed by atoms with van der Waals surface area (Å²) in [5.41, 5.74) is 6.59. The van der Waals surface area contributed by atoms with E-state index in [1.54, 1.807) is 6.07 Å². The highest BCUT2D eigenvalue weighted by Gasteiger charge is 2.19. The van der Waals surface area contributed by atoms with Crippen LogP contribution < -0.4 is 11.1 Å². The largest absolute Gasteiger partial charge is 0.397 e. The first-order valence-electron chi connectivity index (χ1n) is 5.36. The normalized spacial score (nSPS) is 15.6. The number of halogens is 1. The van der Waals surface area contributed by atoms with E-state index in [-0.39, 0.29) is 5.91 Å². The first kappa shape index (κ1) is 11.4. The lowest BCUT2D eigenvalue weighted by atomic mass is 9.85. The summed E-state index contributed by atoms with van der Waals surface area (Å²) < 4.78 is 0.535. The molecule has 3 N–H and O–H groups in total. The molecule has 0 saturated heterocycles. The van der Waals surface area contributed by atoms with Crippen molar-refractivity contribution in [2.75, 3.05) is 12.3 Å². The molecule has 0 aromatic carbocycles. The summed E-state index contributed by atoms with van der Waals surface area (Å²) in [5, 5.41) is 2.90. The molecule has 0 atom stereocenters. The smallest absolute Gasteiger partial charge is 0.254 e.